The maximum atomic E-state index is 12.1. The molecule has 20 heavy (non-hydrogen) atoms. The number of carbonyl (C=O) groups is 1. The average molecular weight is 278 g/mol. The summed E-state index contributed by atoms with van der Waals surface area (Å²) in [6, 6.07) is 4.11. The molecule has 1 fully saturated rings. The molecule has 1 aliphatic carbocycles. The maximum Gasteiger partial charge on any atom is 0.282 e. The van der Waals surface area contributed by atoms with Gasteiger partial charge in [0.15, 0.2) is 0 Å². The van der Waals surface area contributed by atoms with Crippen LogP contribution in [0.5, 0.6) is 0 Å². The molecule has 1 unspecified atom stereocenters. The summed E-state index contributed by atoms with van der Waals surface area (Å²) in [6.07, 6.45) is 1.06. The van der Waals surface area contributed by atoms with Crippen LogP contribution < -0.4 is 16.6 Å². The summed E-state index contributed by atoms with van der Waals surface area (Å²) in [6.45, 7) is 4.79. The van der Waals surface area contributed by atoms with E-state index in [9.17, 15) is 14.9 Å². The third-order valence-corrected chi connectivity index (χ3v) is 3.83. The molecule has 0 aromatic heterocycles. The van der Waals surface area contributed by atoms with Crippen LogP contribution in [0, 0.1) is 21.4 Å². The fraction of sp³-hybridized carbons (Fsp3) is 0.462. The van der Waals surface area contributed by atoms with E-state index < -0.39 is 10.8 Å². The van der Waals surface area contributed by atoms with Crippen LogP contribution in [0.1, 0.15) is 30.6 Å². The van der Waals surface area contributed by atoms with Gasteiger partial charge < -0.3 is 10.7 Å². The number of anilines is 1. The Morgan fingerprint density at radius 2 is 2.20 bits per heavy atom. The smallest absolute Gasteiger partial charge is 0.282 e. The fourth-order valence-corrected chi connectivity index (χ4v) is 2.20. The first-order valence-electron chi connectivity index (χ1n) is 6.38. The van der Waals surface area contributed by atoms with Gasteiger partial charge in [-0.05, 0) is 29.9 Å². The van der Waals surface area contributed by atoms with Gasteiger partial charge in [-0.3, -0.25) is 20.8 Å². The summed E-state index contributed by atoms with van der Waals surface area (Å²) in [5.74, 6) is 5.25. The van der Waals surface area contributed by atoms with Crippen LogP contribution in [0.4, 0.5) is 11.4 Å². The second kappa shape index (κ2) is 5.09. The number of nitrogens with one attached hydrogen (secondary N) is 2. The molecule has 2 rings (SSSR count). The molecule has 1 atom stereocenters. The van der Waals surface area contributed by atoms with E-state index in [1.165, 1.54) is 18.2 Å². The van der Waals surface area contributed by atoms with Crippen molar-refractivity contribution in [2.75, 3.05) is 12.0 Å². The monoisotopic (exact) mass is 278 g/mol. The van der Waals surface area contributed by atoms with E-state index in [4.69, 9.17) is 5.84 Å². The highest BCUT2D eigenvalue weighted by atomic mass is 16.6. The second-order valence-corrected chi connectivity index (χ2v) is 5.73. The first kappa shape index (κ1) is 14.3. The largest absolute Gasteiger partial charge is 0.352 e. The van der Waals surface area contributed by atoms with Gasteiger partial charge in [0.05, 0.1) is 4.92 Å². The minimum absolute atomic E-state index is 0.0175. The number of nitrogens with two attached hydrogens (primary N) is 1. The molecule has 108 valence electrons. The van der Waals surface area contributed by atoms with Crippen molar-refractivity contribution in [2.45, 2.75) is 20.3 Å². The van der Waals surface area contributed by atoms with Gasteiger partial charge >= 0.3 is 0 Å². The standard InChI is InChI=1S/C13H18N4O3/c1-13(2)6-8(13)7-15-12(18)10-5-9(16-14)3-4-11(10)17(19)20/h3-5,8,16H,6-7,14H2,1-2H3,(H,15,18). The van der Waals surface area contributed by atoms with E-state index >= 15 is 0 Å². The predicted molar refractivity (Wildman–Crippen MR) is 75.1 cm³/mol. The van der Waals surface area contributed by atoms with E-state index in [1.807, 2.05) is 0 Å². The van der Waals surface area contributed by atoms with Gasteiger partial charge in [-0.1, -0.05) is 13.8 Å². The normalized spacial score (nSPS) is 19.2. The number of nitro benzene ring substituents is 1. The van der Waals surface area contributed by atoms with Crippen LogP contribution in [0.2, 0.25) is 0 Å². The molecular formula is C13H18N4O3. The third kappa shape index (κ3) is 2.88. The first-order chi connectivity index (χ1) is 9.35. The van der Waals surface area contributed by atoms with E-state index in [-0.39, 0.29) is 16.7 Å². The minimum Gasteiger partial charge on any atom is -0.352 e. The van der Waals surface area contributed by atoms with Gasteiger partial charge in [0, 0.05) is 18.3 Å². The van der Waals surface area contributed by atoms with Gasteiger partial charge in [0.25, 0.3) is 11.6 Å². The minimum atomic E-state index is -0.573. The van der Waals surface area contributed by atoms with Crippen molar-refractivity contribution in [3.05, 3.63) is 33.9 Å². The number of nitrogens with zero attached hydrogens (tertiary/aromatic N) is 1. The summed E-state index contributed by atoms with van der Waals surface area (Å²) in [5, 5.41) is 13.7. The molecule has 4 N–H and O–H groups in total. The van der Waals surface area contributed by atoms with E-state index in [2.05, 4.69) is 24.6 Å². The Balaban J connectivity index is 2.13. The number of nitrogen functional groups attached to an aromatic ring is 1. The number of amides is 1. The molecule has 0 bridgehead atoms. The van der Waals surface area contributed by atoms with Crippen molar-refractivity contribution in [1.82, 2.24) is 5.32 Å². The summed E-state index contributed by atoms with van der Waals surface area (Å²) in [5.41, 5.74) is 2.87. The Morgan fingerprint density at radius 3 is 2.70 bits per heavy atom. The highest BCUT2D eigenvalue weighted by Gasteiger charge is 2.45. The molecule has 7 nitrogen and oxygen atoms in total. The number of nitro groups is 1. The topological polar surface area (TPSA) is 110 Å². The number of carbonyl (C=O) groups excluding carboxylic acids is 1. The number of hydrazine groups is 1. The van der Waals surface area contributed by atoms with Crippen molar-refractivity contribution in [1.29, 1.82) is 0 Å². The van der Waals surface area contributed by atoms with Gasteiger partial charge in [-0.2, -0.15) is 0 Å². The molecule has 1 aromatic carbocycles. The van der Waals surface area contributed by atoms with Crippen LogP contribution in [-0.2, 0) is 0 Å². The third-order valence-electron chi connectivity index (χ3n) is 3.83. The molecule has 1 saturated carbocycles. The maximum absolute atomic E-state index is 12.1. The zero-order valence-electron chi connectivity index (χ0n) is 11.5. The predicted octanol–water partition coefficient (Wildman–Crippen LogP) is 1.66. The second-order valence-electron chi connectivity index (χ2n) is 5.73. The van der Waals surface area contributed by atoms with Crippen LogP contribution >= 0.6 is 0 Å². The Hall–Kier alpha value is -2.15. The van der Waals surface area contributed by atoms with Crippen LogP contribution in [0.15, 0.2) is 18.2 Å². The van der Waals surface area contributed by atoms with Crippen LogP contribution in [-0.4, -0.2) is 17.4 Å². The SMILES string of the molecule is CC1(C)CC1CNC(=O)c1cc(NN)ccc1[N+](=O)[O-]. The number of hydrogen-bond donors (Lipinski definition) is 3. The van der Waals surface area contributed by atoms with E-state index in [0.29, 0.717) is 18.2 Å². The Labute approximate surface area is 116 Å². The summed E-state index contributed by atoms with van der Waals surface area (Å²) < 4.78 is 0. The van der Waals surface area contributed by atoms with Crippen molar-refractivity contribution >= 4 is 17.3 Å². The van der Waals surface area contributed by atoms with Crippen LogP contribution in [0.3, 0.4) is 0 Å². The molecule has 1 amide bonds. The molecule has 7 heteroatoms. The van der Waals surface area contributed by atoms with Crippen molar-refractivity contribution in [2.24, 2.45) is 17.2 Å². The lowest BCUT2D eigenvalue weighted by Crippen LogP contribution is -2.27. The molecule has 0 aliphatic heterocycles. The molecular weight excluding hydrogens is 260 g/mol. The van der Waals surface area contributed by atoms with Crippen molar-refractivity contribution in [3.8, 4) is 0 Å². The average Bonchev–Trinajstić information content (AvgIpc) is 3.02. The molecule has 0 spiro atoms. The Morgan fingerprint density at radius 1 is 1.55 bits per heavy atom. The van der Waals surface area contributed by atoms with Gasteiger partial charge in [-0.15, -0.1) is 0 Å². The zero-order valence-corrected chi connectivity index (χ0v) is 11.5. The lowest BCUT2D eigenvalue weighted by atomic mass is 10.1. The highest BCUT2D eigenvalue weighted by Crippen LogP contribution is 2.51. The quantitative estimate of drug-likeness (QED) is 0.431. The lowest BCUT2D eigenvalue weighted by molar-refractivity contribution is -0.385. The number of hydrogen-bond acceptors (Lipinski definition) is 5. The van der Waals surface area contributed by atoms with Crippen LogP contribution in [0.25, 0.3) is 0 Å². The van der Waals surface area contributed by atoms with E-state index in [0.717, 1.165) is 6.42 Å². The molecule has 0 radical (unpaired) electrons. The van der Waals surface area contributed by atoms with Gasteiger partial charge in [0.1, 0.15) is 5.56 Å². The summed E-state index contributed by atoms with van der Waals surface area (Å²) >= 11 is 0. The fourth-order valence-electron chi connectivity index (χ4n) is 2.20. The first-order valence-corrected chi connectivity index (χ1v) is 6.38. The van der Waals surface area contributed by atoms with Crippen molar-refractivity contribution in [3.63, 3.8) is 0 Å². The molecule has 1 aromatic rings. The highest BCUT2D eigenvalue weighted by molar-refractivity contribution is 5.99. The summed E-state index contributed by atoms with van der Waals surface area (Å²) in [4.78, 5) is 22.5. The van der Waals surface area contributed by atoms with Gasteiger partial charge in [0.2, 0.25) is 0 Å². The lowest BCUT2D eigenvalue weighted by Gasteiger charge is -2.08. The van der Waals surface area contributed by atoms with E-state index in [1.54, 1.807) is 0 Å². The van der Waals surface area contributed by atoms with Crippen molar-refractivity contribution < 1.29 is 9.72 Å². The number of benzene rings is 1. The molecule has 1 aliphatic rings. The number of rotatable bonds is 5. The Bertz CT molecular complexity index is 557. The Kier molecular flexibility index (Phi) is 3.63. The summed E-state index contributed by atoms with van der Waals surface area (Å²) in [7, 11) is 0. The molecule has 0 saturated heterocycles. The van der Waals surface area contributed by atoms with Gasteiger partial charge in [-0.25, -0.2) is 0 Å². The zero-order chi connectivity index (χ0) is 14.9. The molecule has 0 heterocycles.